The van der Waals surface area contributed by atoms with Crippen LogP contribution < -0.4 is 0 Å². The first-order valence-corrected chi connectivity index (χ1v) is 7.92. The molecule has 5 heteroatoms. The Bertz CT molecular complexity index is 295. The molecule has 1 heterocycles. The number of hydrogen-bond acceptors (Lipinski definition) is 3. The fourth-order valence-corrected chi connectivity index (χ4v) is 3.21. The van der Waals surface area contributed by atoms with Crippen LogP contribution in [0, 0.1) is 5.92 Å². The van der Waals surface area contributed by atoms with Crippen LogP contribution in [0.5, 0.6) is 0 Å². The first-order chi connectivity index (χ1) is 7.43. The fourth-order valence-electron chi connectivity index (χ4n) is 2.34. The highest BCUT2D eigenvalue weighted by molar-refractivity contribution is 7.88. The maximum absolute atomic E-state index is 11.3. The number of rotatable bonds is 5. The molecule has 4 nitrogen and oxygen atoms in total. The lowest BCUT2D eigenvalue weighted by Crippen LogP contribution is -2.40. The second kappa shape index (κ2) is 5.98. The topological polar surface area (TPSA) is 40.6 Å². The summed E-state index contributed by atoms with van der Waals surface area (Å²) < 4.78 is 24.3. The molecule has 0 unspecified atom stereocenters. The van der Waals surface area contributed by atoms with E-state index >= 15 is 0 Å². The van der Waals surface area contributed by atoms with Gasteiger partial charge >= 0.3 is 0 Å². The Morgan fingerprint density at radius 3 is 2.31 bits per heavy atom. The lowest BCUT2D eigenvalue weighted by atomic mass is 9.97. The van der Waals surface area contributed by atoms with Gasteiger partial charge in [0.15, 0.2) is 0 Å². The summed E-state index contributed by atoms with van der Waals surface area (Å²) in [6, 6.07) is 0. The van der Waals surface area contributed by atoms with Crippen molar-refractivity contribution in [1.29, 1.82) is 0 Å². The largest absolute Gasteiger partial charge is 0.306 e. The number of hydrogen-bond donors (Lipinski definition) is 0. The third kappa shape index (κ3) is 4.39. The highest BCUT2D eigenvalue weighted by Crippen LogP contribution is 2.19. The van der Waals surface area contributed by atoms with Crippen LogP contribution in [0.25, 0.3) is 0 Å². The summed E-state index contributed by atoms with van der Waals surface area (Å²) in [7, 11) is -0.823. The molecule has 96 valence electrons. The maximum Gasteiger partial charge on any atom is 0.211 e. The van der Waals surface area contributed by atoms with Gasteiger partial charge in [0, 0.05) is 19.6 Å². The average molecular weight is 248 g/mol. The van der Waals surface area contributed by atoms with Gasteiger partial charge in [-0.1, -0.05) is 6.92 Å². The molecule has 0 saturated carbocycles. The van der Waals surface area contributed by atoms with E-state index in [1.807, 2.05) is 0 Å². The third-order valence-electron chi connectivity index (χ3n) is 3.22. The van der Waals surface area contributed by atoms with Crippen molar-refractivity contribution in [2.24, 2.45) is 5.92 Å². The monoisotopic (exact) mass is 248 g/mol. The molecule has 1 fully saturated rings. The Kier molecular flexibility index (Phi) is 5.21. The van der Waals surface area contributed by atoms with Gasteiger partial charge < -0.3 is 4.90 Å². The van der Waals surface area contributed by atoms with E-state index in [0.717, 1.165) is 25.9 Å². The number of sulfonamides is 1. The van der Waals surface area contributed by atoms with Crippen molar-refractivity contribution in [2.75, 3.05) is 39.5 Å². The molecule has 0 N–H and O–H groups in total. The van der Waals surface area contributed by atoms with Gasteiger partial charge in [-0.15, -0.1) is 0 Å². The van der Waals surface area contributed by atoms with Gasteiger partial charge in [-0.2, -0.15) is 0 Å². The van der Waals surface area contributed by atoms with E-state index in [-0.39, 0.29) is 0 Å². The van der Waals surface area contributed by atoms with Gasteiger partial charge in [-0.25, -0.2) is 12.7 Å². The lowest BCUT2D eigenvalue weighted by molar-refractivity contribution is 0.206. The molecule has 0 bridgehead atoms. The minimum Gasteiger partial charge on any atom is -0.306 e. The first kappa shape index (κ1) is 13.9. The summed E-state index contributed by atoms with van der Waals surface area (Å²) in [6.07, 6.45) is 4.48. The minimum absolute atomic E-state index is 0.662. The van der Waals surface area contributed by atoms with E-state index in [9.17, 15) is 8.42 Å². The lowest BCUT2D eigenvalue weighted by Gasteiger charge is -2.32. The zero-order chi connectivity index (χ0) is 12.2. The van der Waals surface area contributed by atoms with Crippen LogP contribution >= 0.6 is 0 Å². The van der Waals surface area contributed by atoms with Gasteiger partial charge in [-0.05, 0) is 38.8 Å². The Labute approximate surface area is 99.7 Å². The Balaban J connectivity index is 2.32. The van der Waals surface area contributed by atoms with Crippen molar-refractivity contribution in [3.63, 3.8) is 0 Å². The second-order valence-electron chi connectivity index (χ2n) is 4.87. The summed E-state index contributed by atoms with van der Waals surface area (Å²) in [4.78, 5) is 2.35. The molecule has 0 aromatic rings. The highest BCUT2D eigenvalue weighted by Gasteiger charge is 2.25. The first-order valence-electron chi connectivity index (χ1n) is 6.07. The van der Waals surface area contributed by atoms with Crippen molar-refractivity contribution in [3.05, 3.63) is 0 Å². The van der Waals surface area contributed by atoms with E-state index in [0.29, 0.717) is 19.0 Å². The molecular formula is C11H24N2O2S. The Morgan fingerprint density at radius 1 is 1.31 bits per heavy atom. The highest BCUT2D eigenvalue weighted by atomic mass is 32.2. The van der Waals surface area contributed by atoms with E-state index in [1.165, 1.54) is 12.7 Å². The van der Waals surface area contributed by atoms with Crippen molar-refractivity contribution >= 4 is 10.0 Å². The molecule has 0 aromatic carbocycles. The summed E-state index contributed by atoms with van der Waals surface area (Å²) >= 11 is 0. The van der Waals surface area contributed by atoms with E-state index in [4.69, 9.17) is 0 Å². The summed E-state index contributed by atoms with van der Waals surface area (Å²) in [6.45, 7) is 5.81. The molecule has 0 amide bonds. The van der Waals surface area contributed by atoms with Gasteiger partial charge in [0.25, 0.3) is 0 Å². The third-order valence-corrected chi connectivity index (χ3v) is 4.52. The molecule has 0 radical (unpaired) electrons. The summed E-state index contributed by atoms with van der Waals surface area (Å²) in [5.41, 5.74) is 0. The molecular weight excluding hydrogens is 224 g/mol. The molecule has 1 aliphatic heterocycles. The van der Waals surface area contributed by atoms with Crippen molar-refractivity contribution in [1.82, 2.24) is 9.21 Å². The molecule has 0 aromatic heterocycles. The maximum atomic E-state index is 11.3. The van der Waals surface area contributed by atoms with Crippen molar-refractivity contribution in [2.45, 2.75) is 26.2 Å². The smallest absolute Gasteiger partial charge is 0.211 e. The van der Waals surface area contributed by atoms with Crippen LogP contribution in [-0.4, -0.2) is 57.1 Å². The number of piperidine rings is 1. The normalized spacial score (nSPS) is 20.5. The van der Waals surface area contributed by atoms with Crippen molar-refractivity contribution < 1.29 is 8.42 Å². The predicted molar refractivity (Wildman–Crippen MR) is 66.9 cm³/mol. The zero-order valence-corrected chi connectivity index (χ0v) is 11.5. The SMILES string of the molecule is CCCN(C)CC1CCN(S(C)(=O)=O)CC1. The zero-order valence-electron chi connectivity index (χ0n) is 10.6. The predicted octanol–water partition coefficient (Wildman–Crippen LogP) is 1.000. The van der Waals surface area contributed by atoms with Crippen LogP contribution in [-0.2, 0) is 10.0 Å². The Hall–Kier alpha value is -0.130. The molecule has 1 saturated heterocycles. The van der Waals surface area contributed by atoms with Crippen LogP contribution in [0.4, 0.5) is 0 Å². The summed E-state index contributed by atoms with van der Waals surface area (Å²) in [5, 5.41) is 0. The molecule has 0 spiro atoms. The van der Waals surface area contributed by atoms with Gasteiger partial charge in [0.1, 0.15) is 0 Å². The van der Waals surface area contributed by atoms with Crippen LogP contribution in [0.1, 0.15) is 26.2 Å². The van der Waals surface area contributed by atoms with E-state index in [1.54, 1.807) is 4.31 Å². The molecule has 16 heavy (non-hydrogen) atoms. The fraction of sp³-hybridized carbons (Fsp3) is 1.00. The second-order valence-corrected chi connectivity index (χ2v) is 6.85. The van der Waals surface area contributed by atoms with E-state index in [2.05, 4.69) is 18.9 Å². The van der Waals surface area contributed by atoms with Crippen LogP contribution in [0.3, 0.4) is 0 Å². The molecule has 0 atom stereocenters. The van der Waals surface area contributed by atoms with Gasteiger partial charge in [-0.3, -0.25) is 0 Å². The van der Waals surface area contributed by atoms with Crippen LogP contribution in [0.2, 0.25) is 0 Å². The summed E-state index contributed by atoms with van der Waals surface area (Å²) in [5.74, 6) is 0.662. The minimum atomic E-state index is -2.97. The van der Waals surface area contributed by atoms with Gasteiger partial charge in [0.05, 0.1) is 6.26 Å². The van der Waals surface area contributed by atoms with Crippen LogP contribution in [0.15, 0.2) is 0 Å². The van der Waals surface area contributed by atoms with Gasteiger partial charge in [0.2, 0.25) is 10.0 Å². The average Bonchev–Trinajstić information content (AvgIpc) is 2.17. The van der Waals surface area contributed by atoms with Crippen molar-refractivity contribution in [3.8, 4) is 0 Å². The quantitative estimate of drug-likeness (QED) is 0.729. The molecule has 1 aliphatic rings. The standard InChI is InChI=1S/C11H24N2O2S/c1-4-7-12(2)10-11-5-8-13(9-6-11)16(3,14)15/h11H,4-10H2,1-3H3. The molecule has 0 aliphatic carbocycles. The van der Waals surface area contributed by atoms with E-state index < -0.39 is 10.0 Å². The number of nitrogens with zero attached hydrogens (tertiary/aromatic N) is 2. The Morgan fingerprint density at radius 2 is 1.88 bits per heavy atom. The molecule has 1 rings (SSSR count).